The van der Waals surface area contributed by atoms with E-state index in [1.54, 1.807) is 12.1 Å². The van der Waals surface area contributed by atoms with Crippen LogP contribution < -0.4 is 0 Å². The molecule has 0 amide bonds. The SMILES string of the molecule is O=C(O)c1csc(CCc2ccc(F)cc2)n1. The highest BCUT2D eigenvalue weighted by Gasteiger charge is 2.08. The second kappa shape index (κ2) is 5.05. The number of thiazole rings is 1. The van der Waals surface area contributed by atoms with E-state index < -0.39 is 5.97 Å². The Bertz CT molecular complexity index is 522. The molecule has 2 aromatic rings. The minimum absolute atomic E-state index is 0.0871. The van der Waals surface area contributed by atoms with Gasteiger partial charge in [0.15, 0.2) is 5.69 Å². The van der Waals surface area contributed by atoms with Gasteiger partial charge in [0.2, 0.25) is 0 Å². The van der Waals surface area contributed by atoms with Gasteiger partial charge in [-0.25, -0.2) is 14.2 Å². The number of aromatic carboxylic acids is 1. The number of carboxylic acid groups (broad SMARTS) is 1. The minimum atomic E-state index is -1.01. The van der Waals surface area contributed by atoms with Crippen molar-refractivity contribution < 1.29 is 14.3 Å². The molecular formula is C12H10FNO2S. The maximum atomic E-state index is 12.7. The summed E-state index contributed by atoms with van der Waals surface area (Å²) >= 11 is 1.33. The van der Waals surface area contributed by atoms with E-state index >= 15 is 0 Å². The van der Waals surface area contributed by atoms with Crippen LogP contribution in [-0.2, 0) is 12.8 Å². The first kappa shape index (κ1) is 11.7. The molecule has 1 aromatic heterocycles. The number of hydrogen-bond acceptors (Lipinski definition) is 3. The topological polar surface area (TPSA) is 50.2 Å². The third-order valence-corrected chi connectivity index (χ3v) is 3.22. The largest absolute Gasteiger partial charge is 0.476 e. The lowest BCUT2D eigenvalue weighted by atomic mass is 10.1. The summed E-state index contributed by atoms with van der Waals surface area (Å²) in [6.45, 7) is 0. The monoisotopic (exact) mass is 251 g/mol. The number of aryl methyl sites for hydroxylation is 2. The molecule has 0 fully saturated rings. The van der Waals surface area contributed by atoms with Crippen LogP contribution in [0.3, 0.4) is 0 Å². The van der Waals surface area contributed by atoms with Gasteiger partial charge in [0.1, 0.15) is 5.82 Å². The van der Waals surface area contributed by atoms with Gasteiger partial charge in [0.25, 0.3) is 0 Å². The molecule has 0 saturated carbocycles. The van der Waals surface area contributed by atoms with E-state index in [9.17, 15) is 9.18 Å². The second-order valence-corrected chi connectivity index (χ2v) is 4.50. The van der Waals surface area contributed by atoms with Crippen LogP contribution in [0.4, 0.5) is 4.39 Å². The first-order valence-corrected chi connectivity index (χ1v) is 5.95. The Kier molecular flexibility index (Phi) is 3.49. The van der Waals surface area contributed by atoms with E-state index in [1.807, 2.05) is 0 Å². The van der Waals surface area contributed by atoms with Crippen LogP contribution in [0.1, 0.15) is 21.1 Å². The molecule has 0 spiro atoms. The molecule has 0 radical (unpaired) electrons. The predicted molar refractivity (Wildman–Crippen MR) is 62.9 cm³/mol. The fourth-order valence-electron chi connectivity index (χ4n) is 1.43. The number of aromatic nitrogens is 1. The van der Waals surface area contributed by atoms with Crippen molar-refractivity contribution in [2.24, 2.45) is 0 Å². The van der Waals surface area contributed by atoms with E-state index in [0.717, 1.165) is 17.0 Å². The molecule has 0 bridgehead atoms. The van der Waals surface area contributed by atoms with Crippen molar-refractivity contribution in [2.75, 3.05) is 0 Å². The Morgan fingerprint density at radius 1 is 1.29 bits per heavy atom. The van der Waals surface area contributed by atoms with Crippen molar-refractivity contribution in [3.8, 4) is 0 Å². The molecule has 0 aliphatic carbocycles. The van der Waals surface area contributed by atoms with Gasteiger partial charge < -0.3 is 5.11 Å². The standard InChI is InChI=1S/C12H10FNO2S/c13-9-4-1-8(2-5-9)3-6-11-14-10(7-17-11)12(15)16/h1-2,4-5,7H,3,6H2,(H,15,16). The van der Waals surface area contributed by atoms with Crippen LogP contribution in [0, 0.1) is 5.82 Å². The van der Waals surface area contributed by atoms with Gasteiger partial charge in [-0.3, -0.25) is 0 Å². The van der Waals surface area contributed by atoms with Gasteiger partial charge in [0.05, 0.1) is 5.01 Å². The van der Waals surface area contributed by atoms with Crippen molar-refractivity contribution in [1.29, 1.82) is 0 Å². The number of carbonyl (C=O) groups is 1. The molecule has 3 nitrogen and oxygen atoms in total. The Labute approximate surface area is 102 Å². The van der Waals surface area contributed by atoms with Crippen molar-refractivity contribution in [3.63, 3.8) is 0 Å². The highest BCUT2D eigenvalue weighted by atomic mass is 32.1. The number of benzene rings is 1. The predicted octanol–water partition coefficient (Wildman–Crippen LogP) is 2.77. The lowest BCUT2D eigenvalue weighted by Gasteiger charge is -1.98. The summed E-state index contributed by atoms with van der Waals surface area (Å²) in [6, 6.07) is 6.28. The molecule has 17 heavy (non-hydrogen) atoms. The quantitative estimate of drug-likeness (QED) is 0.909. The molecule has 0 atom stereocenters. The maximum absolute atomic E-state index is 12.7. The first-order valence-electron chi connectivity index (χ1n) is 5.07. The number of rotatable bonds is 4. The lowest BCUT2D eigenvalue weighted by molar-refractivity contribution is 0.0691. The van der Waals surface area contributed by atoms with Gasteiger partial charge in [-0.15, -0.1) is 11.3 Å². The van der Waals surface area contributed by atoms with E-state index in [-0.39, 0.29) is 11.5 Å². The summed E-state index contributed by atoms with van der Waals surface area (Å²) < 4.78 is 12.7. The maximum Gasteiger partial charge on any atom is 0.355 e. The Balaban J connectivity index is 1.97. The van der Waals surface area contributed by atoms with Crippen LogP contribution in [0.15, 0.2) is 29.6 Å². The van der Waals surface area contributed by atoms with Crippen molar-refractivity contribution >= 4 is 17.3 Å². The average Bonchev–Trinajstić information content (AvgIpc) is 2.77. The third-order valence-electron chi connectivity index (χ3n) is 2.31. The molecule has 0 saturated heterocycles. The zero-order chi connectivity index (χ0) is 12.3. The third kappa shape index (κ3) is 3.10. The first-order chi connectivity index (χ1) is 8.15. The molecule has 0 unspecified atom stereocenters. The molecule has 5 heteroatoms. The normalized spacial score (nSPS) is 10.4. The molecule has 2 rings (SSSR count). The van der Waals surface area contributed by atoms with Crippen LogP contribution in [0.5, 0.6) is 0 Å². The summed E-state index contributed by atoms with van der Waals surface area (Å²) in [4.78, 5) is 14.6. The fourth-order valence-corrected chi connectivity index (χ4v) is 2.20. The van der Waals surface area contributed by atoms with Crippen molar-refractivity contribution in [3.05, 3.63) is 51.7 Å². The highest BCUT2D eigenvalue weighted by molar-refractivity contribution is 7.09. The molecular weight excluding hydrogens is 241 g/mol. The van der Waals surface area contributed by atoms with Gasteiger partial charge in [0, 0.05) is 11.8 Å². The highest BCUT2D eigenvalue weighted by Crippen LogP contribution is 2.13. The molecule has 1 aromatic carbocycles. The fraction of sp³-hybridized carbons (Fsp3) is 0.167. The molecule has 1 N–H and O–H groups in total. The summed E-state index contributed by atoms with van der Waals surface area (Å²) in [7, 11) is 0. The molecule has 88 valence electrons. The molecule has 0 aliphatic heterocycles. The Morgan fingerprint density at radius 3 is 2.59 bits per heavy atom. The van der Waals surface area contributed by atoms with Gasteiger partial charge in [-0.1, -0.05) is 12.1 Å². The lowest BCUT2D eigenvalue weighted by Crippen LogP contribution is -1.97. The van der Waals surface area contributed by atoms with E-state index in [1.165, 1.54) is 28.8 Å². The van der Waals surface area contributed by atoms with Crippen molar-refractivity contribution in [1.82, 2.24) is 4.98 Å². The Morgan fingerprint density at radius 2 is 2.00 bits per heavy atom. The van der Waals surface area contributed by atoms with Crippen molar-refractivity contribution in [2.45, 2.75) is 12.8 Å². The van der Waals surface area contributed by atoms with E-state index in [0.29, 0.717) is 6.42 Å². The van der Waals surface area contributed by atoms with Crippen LogP contribution in [-0.4, -0.2) is 16.1 Å². The molecule has 0 aliphatic rings. The van der Waals surface area contributed by atoms with E-state index in [4.69, 9.17) is 5.11 Å². The van der Waals surface area contributed by atoms with Gasteiger partial charge in [-0.2, -0.15) is 0 Å². The number of halogens is 1. The summed E-state index contributed by atoms with van der Waals surface area (Å²) in [5, 5.41) is 11.0. The minimum Gasteiger partial charge on any atom is -0.476 e. The van der Waals surface area contributed by atoms with Crippen LogP contribution >= 0.6 is 11.3 Å². The molecule has 1 heterocycles. The smallest absolute Gasteiger partial charge is 0.355 e. The zero-order valence-electron chi connectivity index (χ0n) is 8.89. The van der Waals surface area contributed by atoms with Gasteiger partial charge in [-0.05, 0) is 24.1 Å². The number of nitrogens with zero attached hydrogens (tertiary/aromatic N) is 1. The summed E-state index contributed by atoms with van der Waals surface area (Å²) in [5.74, 6) is -1.26. The zero-order valence-corrected chi connectivity index (χ0v) is 9.71. The summed E-state index contributed by atoms with van der Waals surface area (Å²) in [6.07, 6.45) is 1.40. The van der Waals surface area contributed by atoms with Crippen LogP contribution in [0.25, 0.3) is 0 Å². The summed E-state index contributed by atoms with van der Waals surface area (Å²) in [5.41, 5.74) is 1.10. The average molecular weight is 251 g/mol. The number of hydrogen-bond donors (Lipinski definition) is 1. The van der Waals surface area contributed by atoms with Crippen LogP contribution in [0.2, 0.25) is 0 Å². The Hall–Kier alpha value is -1.75. The van der Waals surface area contributed by atoms with E-state index in [2.05, 4.69) is 4.98 Å². The second-order valence-electron chi connectivity index (χ2n) is 3.56. The number of carboxylic acids is 1. The van der Waals surface area contributed by atoms with Gasteiger partial charge >= 0.3 is 5.97 Å².